The Morgan fingerprint density at radius 3 is 2.53 bits per heavy atom. The monoisotopic (exact) mass is 897 g/mol. The number of rotatable bonds is 7. The van der Waals surface area contributed by atoms with Crippen LogP contribution in [-0.2, 0) is 28.9 Å². The van der Waals surface area contributed by atoms with Crippen molar-refractivity contribution < 1.29 is 73.0 Å². The zero-order valence-electron chi connectivity index (χ0n) is 28.1. The van der Waals surface area contributed by atoms with Crippen LogP contribution in [0.5, 0.6) is 23.0 Å². The van der Waals surface area contributed by atoms with E-state index in [4.69, 9.17) is 25.8 Å². The van der Waals surface area contributed by atoms with Crippen LogP contribution in [-0.4, -0.2) is 71.2 Å². The number of hydrogen-bond acceptors (Lipinski definition) is 9. The van der Waals surface area contributed by atoms with E-state index in [-0.39, 0.29) is 93.1 Å². The van der Waals surface area contributed by atoms with E-state index in [0.717, 1.165) is 38.9 Å². The van der Waals surface area contributed by atoms with Crippen LogP contribution in [0.3, 0.4) is 0 Å². The summed E-state index contributed by atoms with van der Waals surface area (Å²) in [6.45, 7) is 5.92. The van der Waals surface area contributed by atoms with Crippen LogP contribution in [0.15, 0.2) is 36.4 Å². The van der Waals surface area contributed by atoms with Gasteiger partial charge < -0.3 is 24.6 Å². The summed E-state index contributed by atoms with van der Waals surface area (Å²) in [5.74, 6) is 0.586. The number of nitrogens with zero attached hydrogens (tertiary/aromatic N) is 3. The molecule has 0 saturated carbocycles. The Morgan fingerprint density at radius 2 is 1.82 bits per heavy atom. The van der Waals surface area contributed by atoms with Gasteiger partial charge >= 0.3 is 5.97 Å². The molecule has 1 amide bonds. The summed E-state index contributed by atoms with van der Waals surface area (Å²) in [4.78, 5) is 30.5. The molecule has 4 heterocycles. The molecule has 10 nitrogen and oxygen atoms in total. The maximum Gasteiger partial charge on any atom is 0.326 e. The summed E-state index contributed by atoms with van der Waals surface area (Å²) in [6.07, 6.45) is 1.87. The second-order valence-corrected chi connectivity index (χ2v) is 13.5. The third-order valence-corrected chi connectivity index (χ3v) is 11.0. The first kappa shape index (κ1) is 35.9. The van der Waals surface area contributed by atoms with Crippen molar-refractivity contribution in [3.05, 3.63) is 80.9 Å². The number of likely N-dealkylation sites (N-methyl/N-ethyl adjacent to an activating group) is 1. The van der Waals surface area contributed by atoms with Crippen molar-refractivity contribution >= 4 is 23.5 Å². The molecule has 12 heteroatoms. The Hall–Kier alpha value is -2.86. The molecule has 1 unspecified atom stereocenters. The van der Waals surface area contributed by atoms with Gasteiger partial charge in [-0.05, 0) is 69.3 Å². The van der Waals surface area contributed by atoms with Crippen molar-refractivity contribution in [3.63, 3.8) is 0 Å². The van der Waals surface area contributed by atoms with E-state index in [1.54, 1.807) is 0 Å². The standard InChI is InChI=1S/C37H39ClN4O6.Ac/c1-19-12-23-13-25-27(16-39)42-26(33(41(25)4)31(23)34(45)20(19)2)14-24-32(28(42)17-40-29(43)11-10-22-8-6-5-7-9-22)37-36(46-18-47-37)21(3)35(24)48-30(44)15-38;/h5-9,12,25-28,33,45H,10-11,13-15,17-18H2,1-4H3,(H,40,43);/t25-,26?,27-,28-,33-;/m0./s1. The molecule has 253 valence electrons. The summed E-state index contributed by atoms with van der Waals surface area (Å²) < 4.78 is 18.0. The second kappa shape index (κ2) is 14.4. The first-order valence-corrected chi connectivity index (χ1v) is 16.9. The minimum Gasteiger partial charge on any atom is -0.507 e. The Balaban J connectivity index is 0.00000417. The molecule has 3 aromatic rings. The van der Waals surface area contributed by atoms with Gasteiger partial charge in [-0.2, -0.15) is 5.26 Å². The van der Waals surface area contributed by atoms with Gasteiger partial charge in [-0.3, -0.25) is 19.4 Å². The first-order chi connectivity index (χ1) is 23.1. The van der Waals surface area contributed by atoms with E-state index in [1.165, 1.54) is 0 Å². The third kappa shape index (κ3) is 6.12. The van der Waals surface area contributed by atoms with Crippen LogP contribution >= 0.6 is 11.6 Å². The molecule has 2 N–H and O–H groups in total. The number of hydrogen-bond donors (Lipinski definition) is 2. The van der Waals surface area contributed by atoms with Crippen molar-refractivity contribution in [1.29, 1.82) is 5.26 Å². The van der Waals surface area contributed by atoms with Gasteiger partial charge in [0.15, 0.2) is 11.5 Å². The topological polar surface area (TPSA) is 124 Å². The third-order valence-electron chi connectivity index (χ3n) is 10.7. The Bertz CT molecular complexity index is 1850. The van der Waals surface area contributed by atoms with E-state index in [9.17, 15) is 20.0 Å². The van der Waals surface area contributed by atoms with Gasteiger partial charge in [0.25, 0.3) is 0 Å². The van der Waals surface area contributed by atoms with Gasteiger partial charge in [0.05, 0.1) is 18.2 Å². The van der Waals surface area contributed by atoms with Gasteiger partial charge in [-0.25, -0.2) is 0 Å². The number of phenols is 1. The number of ether oxygens (including phenoxy) is 3. The van der Waals surface area contributed by atoms with E-state index in [1.807, 2.05) is 58.2 Å². The summed E-state index contributed by atoms with van der Waals surface area (Å²) in [5, 5.41) is 25.7. The van der Waals surface area contributed by atoms with Gasteiger partial charge in [0.2, 0.25) is 12.7 Å². The summed E-state index contributed by atoms with van der Waals surface area (Å²) in [6, 6.07) is 12.8. The molecule has 0 aliphatic carbocycles. The predicted octanol–water partition coefficient (Wildman–Crippen LogP) is 4.71. The number of benzene rings is 3. The molecule has 1 saturated heterocycles. The number of nitrogens with one attached hydrogen (secondary N) is 1. The predicted molar refractivity (Wildman–Crippen MR) is 178 cm³/mol. The fourth-order valence-electron chi connectivity index (χ4n) is 8.37. The molecule has 0 aromatic heterocycles. The Kier molecular flexibility index (Phi) is 10.6. The number of carbonyl (C=O) groups excluding carboxylic acids is 2. The van der Waals surface area contributed by atoms with Crippen molar-refractivity contribution in [2.24, 2.45) is 0 Å². The maximum absolute atomic E-state index is 13.4. The normalized spacial score (nSPS) is 23.3. The van der Waals surface area contributed by atoms with E-state index in [0.29, 0.717) is 48.5 Å². The van der Waals surface area contributed by atoms with Crippen LogP contribution in [0.4, 0.5) is 0 Å². The molecule has 49 heavy (non-hydrogen) atoms. The molecule has 2 bridgehead atoms. The number of carbonyl (C=O) groups is 2. The van der Waals surface area contributed by atoms with E-state index in [2.05, 4.69) is 27.3 Å². The summed E-state index contributed by atoms with van der Waals surface area (Å²) in [7, 11) is 2.02. The van der Waals surface area contributed by atoms with Gasteiger partial charge in [-0.15, -0.1) is 11.6 Å². The number of alkyl halides is 1. The molecule has 7 rings (SSSR count). The number of aryl methyl sites for hydroxylation is 2. The summed E-state index contributed by atoms with van der Waals surface area (Å²) >= 11 is 5.92. The number of aromatic hydroxyl groups is 1. The Labute approximate surface area is 327 Å². The molecule has 1 radical (unpaired) electrons. The number of fused-ring (bicyclic) bond motifs is 9. The zero-order valence-corrected chi connectivity index (χ0v) is 33.6. The Morgan fingerprint density at radius 1 is 1.08 bits per heavy atom. The number of piperazine rings is 1. The number of halogens is 1. The van der Waals surface area contributed by atoms with Crippen LogP contribution in [0.2, 0.25) is 0 Å². The number of phenolic OH excluding ortho intramolecular Hbond substituents is 1. The smallest absolute Gasteiger partial charge is 0.326 e. The molecule has 0 spiro atoms. The van der Waals surface area contributed by atoms with Crippen LogP contribution in [0.25, 0.3) is 0 Å². The average Bonchev–Trinajstić information content (AvgIpc) is 3.58. The summed E-state index contributed by atoms with van der Waals surface area (Å²) in [5.41, 5.74) is 6.89. The van der Waals surface area contributed by atoms with Crippen molar-refractivity contribution in [1.82, 2.24) is 15.1 Å². The van der Waals surface area contributed by atoms with E-state index >= 15 is 0 Å². The molecule has 5 atom stereocenters. The zero-order chi connectivity index (χ0) is 33.9. The molecule has 1 fully saturated rings. The largest absolute Gasteiger partial charge is 0.507 e. The van der Waals surface area contributed by atoms with Crippen LogP contribution in [0, 0.1) is 76.2 Å². The second-order valence-electron chi connectivity index (χ2n) is 13.2. The average molecular weight is 898 g/mol. The minimum atomic E-state index is -0.600. The number of esters is 1. The molecular weight excluding hydrogens is 859 g/mol. The van der Waals surface area contributed by atoms with Gasteiger partial charge in [0, 0.05) is 91.4 Å². The van der Waals surface area contributed by atoms with Crippen LogP contribution in [0.1, 0.15) is 63.0 Å². The molecule has 3 aromatic carbocycles. The van der Waals surface area contributed by atoms with Gasteiger partial charge in [0.1, 0.15) is 23.4 Å². The quantitative estimate of drug-likeness (QED) is 0.197. The number of amides is 1. The number of nitriles is 1. The molecule has 4 aliphatic heterocycles. The van der Waals surface area contributed by atoms with Crippen molar-refractivity contribution in [2.75, 3.05) is 26.3 Å². The van der Waals surface area contributed by atoms with Gasteiger partial charge in [-0.1, -0.05) is 36.4 Å². The van der Waals surface area contributed by atoms with Crippen molar-refractivity contribution in [2.45, 2.75) is 76.7 Å². The fourth-order valence-corrected chi connectivity index (χ4v) is 8.43. The SMILES string of the molecule is Cc1cc2c(c(O)c1C)[C@@H]1C3Cc4c(OC(=O)CCl)c(C)c5c(c4[C@H](CNC(=O)CCc4ccccc4)N3[C@@H](C#N)[C@H](C2)N1C)OCO5.[Ac]. The fraction of sp³-hybridized carbons (Fsp3) is 0.432. The van der Waals surface area contributed by atoms with Crippen molar-refractivity contribution in [3.8, 4) is 29.1 Å². The molecular formula is C37H39AcClN4O6. The maximum atomic E-state index is 13.4. The minimum absolute atomic E-state index is 0. The van der Waals surface area contributed by atoms with Crippen LogP contribution < -0.4 is 19.5 Å². The molecule has 4 aliphatic rings. The first-order valence-electron chi connectivity index (χ1n) is 16.4. The van der Waals surface area contributed by atoms with E-state index < -0.39 is 18.1 Å².